The van der Waals surface area contributed by atoms with E-state index in [-0.39, 0.29) is 28.8 Å². The van der Waals surface area contributed by atoms with E-state index in [2.05, 4.69) is 127 Å². The molecule has 6 heterocycles. The van der Waals surface area contributed by atoms with E-state index in [1.54, 1.807) is 33.7 Å². The van der Waals surface area contributed by atoms with Gasteiger partial charge in [0.05, 0.1) is 22.6 Å². The Bertz CT molecular complexity index is 2930. The molecule has 16 nitrogen and oxygen atoms in total. The predicted molar refractivity (Wildman–Crippen MR) is 259 cm³/mol. The lowest BCUT2D eigenvalue weighted by molar-refractivity contribution is 0.0193. The first kappa shape index (κ1) is 45.5. The Hall–Kier alpha value is -6.08. The minimum absolute atomic E-state index is 0.103. The van der Waals surface area contributed by atoms with E-state index >= 15 is 0 Å². The number of carbonyl (C=O) groups excluding carboxylic acids is 1. The zero-order valence-electron chi connectivity index (χ0n) is 37.6. The largest absolute Gasteiger partial charge is 0.444 e. The van der Waals surface area contributed by atoms with Crippen LogP contribution < -0.4 is 26.0 Å². The van der Waals surface area contributed by atoms with Crippen LogP contribution in [0.25, 0.3) is 44.7 Å². The maximum Gasteiger partial charge on any atom is 0.410 e. The summed E-state index contributed by atoms with van der Waals surface area (Å²) >= 11 is 3.46. The van der Waals surface area contributed by atoms with E-state index in [4.69, 9.17) is 15.6 Å². The number of piperazine rings is 2. The van der Waals surface area contributed by atoms with Gasteiger partial charge in [0.25, 0.3) is 0 Å². The Morgan fingerprint density at radius 2 is 1.20 bits per heavy atom. The third kappa shape index (κ3) is 9.80. The Balaban J connectivity index is 0.000000178. The summed E-state index contributed by atoms with van der Waals surface area (Å²) in [4.78, 5) is 28.1. The van der Waals surface area contributed by atoms with E-state index in [0.717, 1.165) is 51.2 Å². The topological polar surface area (TPSA) is 195 Å². The van der Waals surface area contributed by atoms with Crippen molar-refractivity contribution in [1.29, 1.82) is 0 Å². The van der Waals surface area contributed by atoms with Gasteiger partial charge in [0, 0.05) is 103 Å². The molecule has 2 saturated heterocycles. The Morgan fingerprint density at radius 3 is 1.74 bits per heavy atom. The number of hydrogen-bond acceptors (Lipinski definition) is 12. The number of primary sulfonamides is 1. The first-order valence-corrected chi connectivity index (χ1v) is 23.9. The fourth-order valence-corrected chi connectivity index (χ4v) is 9.83. The van der Waals surface area contributed by atoms with Gasteiger partial charge in [-0.25, -0.2) is 37.4 Å². The average molecular weight is 964 g/mol. The lowest BCUT2D eigenvalue weighted by atomic mass is 10.0. The summed E-state index contributed by atoms with van der Waals surface area (Å²) in [6.07, 6.45) is 10.7. The van der Waals surface area contributed by atoms with Crippen LogP contribution in [0.1, 0.15) is 48.5 Å². The maximum absolute atomic E-state index is 12.5. The lowest BCUT2D eigenvalue weighted by Gasteiger charge is -2.45. The molecule has 2 fully saturated rings. The molecule has 340 valence electrons. The van der Waals surface area contributed by atoms with Crippen molar-refractivity contribution in [3.05, 3.63) is 108 Å². The standard InChI is InChI=1S/C24H27N7O2S.C23H28BrN5O2/c1-15-10-27-11-16(2)31(15)20-6-3-17(4-7-20)19-12-28-24-21(13-29-30(24)14-19)18-5-8-22(25)23(9-18)34(26,32)33;1-15-12-27(22(30)31-23(3,4)5)13-16(2)29(15)19-8-6-17(7-9-19)18-10-25-21-20(24)11-26-28(21)14-18/h3-9,12-16,27H,10-11,25H2,1-2H3,(H2,26,32,33);6-11,14-16H,12-13H2,1-5H3/t2*15-,16+. The summed E-state index contributed by atoms with van der Waals surface area (Å²) < 4.78 is 33.6. The van der Waals surface area contributed by atoms with Crippen molar-refractivity contribution < 1.29 is 17.9 Å². The second kappa shape index (κ2) is 18.1. The molecule has 2 aliphatic rings. The molecule has 7 aromatic rings. The summed E-state index contributed by atoms with van der Waals surface area (Å²) in [5, 5.41) is 17.5. The number of ether oxygens (including phenoxy) is 1. The third-order valence-corrected chi connectivity index (χ3v) is 13.2. The number of rotatable bonds is 6. The number of fused-ring (bicyclic) bond motifs is 2. The van der Waals surface area contributed by atoms with Gasteiger partial charge in [-0.15, -0.1) is 0 Å². The SMILES string of the molecule is C[C@@H]1CN(C(=O)OC(C)(C)C)C[C@H](C)N1c1ccc(-c2cnc3c(Br)cnn3c2)cc1.C[C@@H]1CNC[C@H](C)N1c1ccc(-c2cnc3c(-c4ccc(N)c(S(N)(=O)=O)c4)cnn3c2)cc1. The summed E-state index contributed by atoms with van der Waals surface area (Å²) in [7, 11) is -3.94. The van der Waals surface area contributed by atoms with Crippen LogP contribution in [-0.2, 0) is 14.8 Å². The number of nitrogen functional groups attached to an aromatic ring is 1. The smallest absolute Gasteiger partial charge is 0.410 e. The van der Waals surface area contributed by atoms with Crippen LogP contribution in [0.3, 0.4) is 0 Å². The number of sulfonamides is 1. The Kier molecular flexibility index (Phi) is 12.6. The minimum atomic E-state index is -3.94. The first-order valence-electron chi connectivity index (χ1n) is 21.6. The molecule has 9 rings (SSSR count). The molecule has 0 aliphatic carbocycles. The number of amides is 1. The molecule has 3 aromatic carbocycles. The molecule has 0 saturated carbocycles. The Morgan fingerprint density at radius 1 is 0.708 bits per heavy atom. The van der Waals surface area contributed by atoms with E-state index < -0.39 is 15.6 Å². The molecule has 0 radical (unpaired) electrons. The Labute approximate surface area is 387 Å². The predicted octanol–water partition coefficient (Wildman–Crippen LogP) is 7.47. The highest BCUT2D eigenvalue weighted by Gasteiger charge is 2.34. The second-order valence-corrected chi connectivity index (χ2v) is 20.3. The zero-order chi connectivity index (χ0) is 46.4. The normalized spacial score (nSPS) is 19.3. The van der Waals surface area contributed by atoms with Gasteiger partial charge in [-0.1, -0.05) is 30.3 Å². The van der Waals surface area contributed by atoms with Crippen molar-refractivity contribution >= 4 is 60.4 Å². The van der Waals surface area contributed by atoms with Crippen molar-refractivity contribution in [2.24, 2.45) is 5.14 Å². The monoisotopic (exact) mass is 962 g/mol. The number of halogens is 1. The number of aromatic nitrogens is 6. The van der Waals surface area contributed by atoms with Crippen LogP contribution in [-0.4, -0.2) is 105 Å². The van der Waals surface area contributed by atoms with E-state index in [1.807, 2.05) is 44.3 Å². The molecule has 4 atom stereocenters. The summed E-state index contributed by atoms with van der Waals surface area (Å²) in [6.45, 7) is 17.7. The molecule has 2 aliphatic heterocycles. The number of nitrogens with one attached hydrogen (secondary N) is 1. The molecular weight excluding hydrogens is 909 g/mol. The number of nitrogens with two attached hydrogens (primary N) is 2. The van der Waals surface area contributed by atoms with Crippen molar-refractivity contribution in [3.63, 3.8) is 0 Å². The maximum atomic E-state index is 12.5. The molecule has 0 spiro atoms. The van der Waals surface area contributed by atoms with Gasteiger partial charge in [-0.05, 0) is 117 Å². The van der Waals surface area contributed by atoms with Gasteiger partial charge < -0.3 is 30.5 Å². The molecule has 5 N–H and O–H groups in total. The van der Waals surface area contributed by atoms with Crippen LogP contribution in [0, 0.1) is 0 Å². The zero-order valence-corrected chi connectivity index (χ0v) is 40.0. The van der Waals surface area contributed by atoms with E-state index in [0.29, 0.717) is 41.9 Å². The minimum Gasteiger partial charge on any atom is -0.444 e. The summed E-state index contributed by atoms with van der Waals surface area (Å²) in [5.41, 5.74) is 14.5. The van der Waals surface area contributed by atoms with Gasteiger partial charge in [-0.3, -0.25) is 0 Å². The molecule has 4 aromatic heterocycles. The van der Waals surface area contributed by atoms with Crippen LogP contribution >= 0.6 is 15.9 Å². The highest BCUT2D eigenvalue weighted by Crippen LogP contribution is 2.32. The number of benzene rings is 3. The highest BCUT2D eigenvalue weighted by molar-refractivity contribution is 9.10. The second-order valence-electron chi connectivity index (χ2n) is 17.9. The van der Waals surface area contributed by atoms with Gasteiger partial charge in [0.1, 0.15) is 10.5 Å². The number of nitrogens with zero attached hydrogens (tertiary/aromatic N) is 9. The molecule has 0 bridgehead atoms. The first-order chi connectivity index (χ1) is 30.8. The fourth-order valence-electron chi connectivity index (χ4n) is 8.77. The van der Waals surface area contributed by atoms with E-state index in [1.165, 1.54) is 17.8 Å². The van der Waals surface area contributed by atoms with Crippen LogP contribution in [0.4, 0.5) is 21.9 Å². The van der Waals surface area contributed by atoms with Gasteiger partial charge in [-0.2, -0.15) is 10.2 Å². The van der Waals surface area contributed by atoms with Crippen LogP contribution in [0.5, 0.6) is 0 Å². The van der Waals surface area contributed by atoms with Gasteiger partial charge in [0.15, 0.2) is 11.3 Å². The lowest BCUT2D eigenvalue weighted by Crippen LogP contribution is -2.58. The third-order valence-electron chi connectivity index (χ3n) is 11.7. The van der Waals surface area contributed by atoms with Crippen molar-refractivity contribution in [2.75, 3.05) is 41.7 Å². The van der Waals surface area contributed by atoms with Crippen LogP contribution in [0.2, 0.25) is 0 Å². The van der Waals surface area contributed by atoms with Crippen molar-refractivity contribution in [2.45, 2.75) is 83.1 Å². The average Bonchev–Trinajstić information content (AvgIpc) is 3.86. The van der Waals surface area contributed by atoms with Gasteiger partial charge >= 0.3 is 6.09 Å². The van der Waals surface area contributed by atoms with Crippen molar-refractivity contribution in [1.82, 2.24) is 39.4 Å². The molecule has 0 unspecified atom stereocenters. The quantitative estimate of drug-likeness (QED) is 0.139. The van der Waals surface area contributed by atoms with E-state index in [9.17, 15) is 13.2 Å². The number of carbonyl (C=O) groups is 1. The molecule has 1 amide bonds. The van der Waals surface area contributed by atoms with Crippen LogP contribution in [0.15, 0.2) is 113 Å². The number of anilines is 3. The summed E-state index contributed by atoms with van der Waals surface area (Å²) in [5.74, 6) is 0. The van der Waals surface area contributed by atoms with Crippen molar-refractivity contribution in [3.8, 4) is 33.4 Å². The molecule has 18 heteroatoms. The van der Waals surface area contributed by atoms with Gasteiger partial charge in [0.2, 0.25) is 10.0 Å². The highest BCUT2D eigenvalue weighted by atomic mass is 79.9. The fraction of sp³-hybridized carbons (Fsp3) is 0.340. The summed E-state index contributed by atoms with van der Waals surface area (Å²) in [6, 6.07) is 22.9. The number of hydrogen-bond donors (Lipinski definition) is 3. The molecule has 65 heavy (non-hydrogen) atoms. The molecular formula is C47H55BrN12O4S.